The third-order valence-electron chi connectivity index (χ3n) is 3.66. The van der Waals surface area contributed by atoms with E-state index >= 15 is 0 Å². The van der Waals surface area contributed by atoms with Crippen LogP contribution in [0.4, 0.5) is 0 Å². The van der Waals surface area contributed by atoms with E-state index in [1.165, 1.54) is 0 Å². The molecule has 0 aliphatic rings. The van der Waals surface area contributed by atoms with Gasteiger partial charge in [-0.15, -0.1) is 6.58 Å². The largest absolute Gasteiger partial charge is 0.417 e. The van der Waals surface area contributed by atoms with Crippen LogP contribution < -0.4 is 0 Å². The average molecular weight is 244 g/mol. The molecule has 0 saturated heterocycles. The van der Waals surface area contributed by atoms with Gasteiger partial charge in [0.2, 0.25) is 0 Å². The quantitative estimate of drug-likeness (QED) is 0.571. The van der Waals surface area contributed by atoms with Gasteiger partial charge >= 0.3 is 0 Å². The van der Waals surface area contributed by atoms with Crippen LogP contribution in [0, 0.1) is 5.92 Å². The van der Waals surface area contributed by atoms with Gasteiger partial charge in [0.1, 0.15) is 0 Å². The van der Waals surface area contributed by atoms with Crippen molar-refractivity contribution in [1.82, 2.24) is 0 Å². The van der Waals surface area contributed by atoms with E-state index in [1.54, 1.807) is 6.08 Å². The van der Waals surface area contributed by atoms with Gasteiger partial charge in [-0.05, 0) is 30.5 Å². The zero-order chi connectivity index (χ0) is 13.0. The van der Waals surface area contributed by atoms with E-state index in [0.717, 1.165) is 0 Å². The summed E-state index contributed by atoms with van der Waals surface area (Å²) in [5.74, 6) is 0.142. The molecule has 0 aromatic heterocycles. The standard InChI is InChI=1S/C13H28O2Si/c1-8-11(2)12(14)9-10-15-16(6,7)13(3,4)5/h8,11-12,14H,1,9-10H2,2-7H3/t11-,12+/m1/s1. The Kier molecular flexibility index (Phi) is 5.94. The van der Waals surface area contributed by atoms with Gasteiger partial charge in [0.05, 0.1) is 6.10 Å². The van der Waals surface area contributed by atoms with Crippen LogP contribution in [0.15, 0.2) is 12.7 Å². The third kappa shape index (κ3) is 4.81. The molecule has 0 spiro atoms. The second-order valence-electron chi connectivity index (χ2n) is 6.06. The Bertz CT molecular complexity index is 218. The molecule has 0 aromatic rings. The topological polar surface area (TPSA) is 29.5 Å². The molecule has 2 nitrogen and oxygen atoms in total. The first kappa shape index (κ1) is 15.9. The summed E-state index contributed by atoms with van der Waals surface area (Å²) in [6.45, 7) is 17.4. The van der Waals surface area contributed by atoms with Gasteiger partial charge in [0.25, 0.3) is 0 Å². The van der Waals surface area contributed by atoms with Crippen LogP contribution in [-0.4, -0.2) is 26.1 Å². The lowest BCUT2D eigenvalue weighted by Crippen LogP contribution is -2.41. The first-order valence-electron chi connectivity index (χ1n) is 6.06. The number of hydrogen-bond donors (Lipinski definition) is 1. The minimum Gasteiger partial charge on any atom is -0.417 e. The second kappa shape index (κ2) is 5.99. The molecule has 0 saturated carbocycles. The predicted octanol–water partition coefficient (Wildman–Crippen LogP) is 3.58. The molecular weight excluding hydrogens is 216 g/mol. The van der Waals surface area contributed by atoms with Crippen LogP contribution >= 0.6 is 0 Å². The van der Waals surface area contributed by atoms with Gasteiger partial charge in [-0.25, -0.2) is 0 Å². The first-order valence-corrected chi connectivity index (χ1v) is 8.97. The molecule has 16 heavy (non-hydrogen) atoms. The fourth-order valence-corrected chi connectivity index (χ4v) is 2.13. The zero-order valence-corrected chi connectivity index (χ0v) is 12.7. The Hall–Kier alpha value is -0.123. The number of hydrogen-bond acceptors (Lipinski definition) is 2. The molecule has 1 N–H and O–H groups in total. The molecule has 0 amide bonds. The van der Waals surface area contributed by atoms with Gasteiger partial charge in [0, 0.05) is 6.61 Å². The van der Waals surface area contributed by atoms with Gasteiger partial charge in [-0.2, -0.15) is 0 Å². The van der Waals surface area contributed by atoms with Crippen molar-refractivity contribution in [3.63, 3.8) is 0 Å². The van der Waals surface area contributed by atoms with Crippen LogP contribution in [-0.2, 0) is 4.43 Å². The Labute approximate surface area is 102 Å². The summed E-state index contributed by atoms with van der Waals surface area (Å²) in [5, 5.41) is 10.0. The van der Waals surface area contributed by atoms with Gasteiger partial charge in [0.15, 0.2) is 8.32 Å². The van der Waals surface area contributed by atoms with Crippen molar-refractivity contribution in [2.75, 3.05) is 6.61 Å². The second-order valence-corrected chi connectivity index (χ2v) is 10.9. The SMILES string of the molecule is C=C[C@@H](C)[C@@H](O)CCO[Si](C)(C)C(C)(C)C. The molecule has 0 radical (unpaired) electrons. The first-order chi connectivity index (χ1) is 7.12. The van der Waals surface area contributed by atoms with Crippen molar-refractivity contribution in [2.24, 2.45) is 5.92 Å². The van der Waals surface area contributed by atoms with E-state index in [4.69, 9.17) is 4.43 Å². The summed E-state index contributed by atoms with van der Waals surface area (Å²) in [6, 6.07) is 0. The van der Waals surface area contributed by atoms with E-state index in [2.05, 4.69) is 40.4 Å². The normalized spacial score (nSPS) is 16.9. The molecule has 0 fully saturated rings. The third-order valence-corrected chi connectivity index (χ3v) is 8.20. The van der Waals surface area contributed by atoms with Gasteiger partial charge in [-0.3, -0.25) is 0 Å². The van der Waals surface area contributed by atoms with Crippen molar-refractivity contribution >= 4 is 8.32 Å². The molecule has 0 aromatic carbocycles. The predicted molar refractivity (Wildman–Crippen MR) is 73.1 cm³/mol. The fraction of sp³-hybridized carbons (Fsp3) is 0.846. The molecule has 0 rings (SSSR count). The molecule has 0 heterocycles. The van der Waals surface area contributed by atoms with Gasteiger partial charge in [-0.1, -0.05) is 33.8 Å². The van der Waals surface area contributed by atoms with Gasteiger partial charge < -0.3 is 9.53 Å². The molecule has 0 unspecified atom stereocenters. The number of rotatable bonds is 6. The maximum absolute atomic E-state index is 9.78. The molecule has 2 atom stereocenters. The van der Waals surface area contributed by atoms with E-state index in [0.29, 0.717) is 13.0 Å². The lowest BCUT2D eigenvalue weighted by atomic mass is 10.0. The fourth-order valence-electron chi connectivity index (χ4n) is 1.07. The molecule has 0 bridgehead atoms. The van der Waals surface area contributed by atoms with Crippen molar-refractivity contribution < 1.29 is 9.53 Å². The summed E-state index contributed by atoms with van der Waals surface area (Å²) >= 11 is 0. The van der Waals surface area contributed by atoms with Crippen LogP contribution in [0.5, 0.6) is 0 Å². The molecule has 0 aliphatic carbocycles. The summed E-state index contributed by atoms with van der Waals surface area (Å²) in [7, 11) is -1.65. The summed E-state index contributed by atoms with van der Waals surface area (Å²) in [4.78, 5) is 0. The van der Waals surface area contributed by atoms with E-state index < -0.39 is 8.32 Å². The van der Waals surface area contributed by atoms with E-state index in [9.17, 15) is 5.11 Å². The molecule has 96 valence electrons. The summed E-state index contributed by atoms with van der Waals surface area (Å²) < 4.78 is 6.00. The van der Waals surface area contributed by atoms with Crippen molar-refractivity contribution in [3.8, 4) is 0 Å². The lowest BCUT2D eigenvalue weighted by molar-refractivity contribution is 0.105. The maximum Gasteiger partial charge on any atom is 0.191 e. The highest BCUT2D eigenvalue weighted by Gasteiger charge is 2.37. The molecule has 3 heteroatoms. The van der Waals surface area contributed by atoms with Crippen LogP contribution in [0.2, 0.25) is 18.1 Å². The molecule has 0 aliphatic heterocycles. The Morgan fingerprint density at radius 2 is 1.88 bits per heavy atom. The smallest absolute Gasteiger partial charge is 0.191 e. The Morgan fingerprint density at radius 3 is 2.25 bits per heavy atom. The van der Waals surface area contributed by atoms with E-state index in [-0.39, 0.29) is 17.1 Å². The highest BCUT2D eigenvalue weighted by molar-refractivity contribution is 6.74. The highest BCUT2D eigenvalue weighted by atomic mass is 28.4. The lowest BCUT2D eigenvalue weighted by Gasteiger charge is -2.36. The summed E-state index contributed by atoms with van der Waals surface area (Å²) in [6.07, 6.45) is 2.15. The monoisotopic (exact) mass is 244 g/mol. The highest BCUT2D eigenvalue weighted by Crippen LogP contribution is 2.36. The van der Waals surface area contributed by atoms with Crippen LogP contribution in [0.1, 0.15) is 34.1 Å². The van der Waals surface area contributed by atoms with Crippen LogP contribution in [0.3, 0.4) is 0 Å². The van der Waals surface area contributed by atoms with Crippen molar-refractivity contribution in [3.05, 3.63) is 12.7 Å². The van der Waals surface area contributed by atoms with Crippen LogP contribution in [0.25, 0.3) is 0 Å². The van der Waals surface area contributed by atoms with E-state index in [1.807, 2.05) is 6.92 Å². The molecular formula is C13H28O2Si. The maximum atomic E-state index is 9.78. The minimum atomic E-state index is -1.65. The average Bonchev–Trinajstić information content (AvgIpc) is 2.14. The number of aliphatic hydroxyl groups is 1. The Morgan fingerprint density at radius 1 is 1.38 bits per heavy atom. The Balaban J connectivity index is 4.04. The summed E-state index contributed by atoms with van der Waals surface area (Å²) in [5.41, 5.74) is 0. The minimum absolute atomic E-state index is 0.142. The van der Waals surface area contributed by atoms with Crippen molar-refractivity contribution in [2.45, 2.75) is 58.4 Å². The zero-order valence-electron chi connectivity index (χ0n) is 11.7. The van der Waals surface area contributed by atoms with Crippen molar-refractivity contribution in [1.29, 1.82) is 0 Å². The number of aliphatic hydroxyl groups excluding tert-OH is 1.